The van der Waals surface area contributed by atoms with E-state index in [1.807, 2.05) is 30.5 Å². The van der Waals surface area contributed by atoms with Gasteiger partial charge in [0.25, 0.3) is 5.89 Å². The second kappa shape index (κ2) is 6.02. The van der Waals surface area contributed by atoms with Gasteiger partial charge < -0.3 is 10.3 Å². The molecule has 2 rings (SSSR count). The van der Waals surface area contributed by atoms with Crippen molar-refractivity contribution in [2.75, 3.05) is 6.26 Å². The van der Waals surface area contributed by atoms with Crippen LogP contribution in [-0.2, 0) is 0 Å². The summed E-state index contributed by atoms with van der Waals surface area (Å²) in [6.07, 6.45) is 3.90. The largest absolute Gasteiger partial charge is 0.334 e. The van der Waals surface area contributed by atoms with E-state index in [4.69, 9.17) is 10.3 Å². The Morgan fingerprint density at radius 1 is 1.39 bits per heavy atom. The lowest BCUT2D eigenvalue weighted by Crippen LogP contribution is -2.11. The van der Waals surface area contributed by atoms with E-state index in [1.54, 1.807) is 11.8 Å². The monoisotopic (exact) mass is 263 g/mol. The Morgan fingerprint density at radius 3 is 2.89 bits per heavy atom. The third-order valence-corrected chi connectivity index (χ3v) is 3.51. The van der Waals surface area contributed by atoms with Crippen molar-refractivity contribution in [3.05, 3.63) is 30.1 Å². The first-order valence-corrected chi connectivity index (χ1v) is 7.21. The normalized spacial score (nSPS) is 12.6. The molecule has 4 nitrogen and oxygen atoms in total. The average Bonchev–Trinajstić information content (AvgIpc) is 2.88. The van der Waals surface area contributed by atoms with E-state index < -0.39 is 0 Å². The molecule has 0 radical (unpaired) electrons. The zero-order valence-corrected chi connectivity index (χ0v) is 11.4. The maximum absolute atomic E-state index is 5.98. The molecular weight excluding hydrogens is 246 g/mol. The van der Waals surface area contributed by atoms with E-state index in [0.717, 1.165) is 23.3 Å². The van der Waals surface area contributed by atoms with Gasteiger partial charge in [-0.1, -0.05) is 30.6 Å². The molecule has 0 saturated carbocycles. The summed E-state index contributed by atoms with van der Waals surface area (Å²) < 4.78 is 5.31. The fourth-order valence-electron chi connectivity index (χ4n) is 1.76. The zero-order chi connectivity index (χ0) is 13.0. The van der Waals surface area contributed by atoms with Crippen molar-refractivity contribution >= 4 is 11.8 Å². The number of hydrogen-bond donors (Lipinski definition) is 1. The Kier molecular flexibility index (Phi) is 4.38. The molecule has 2 aromatic rings. The lowest BCUT2D eigenvalue weighted by Gasteiger charge is -2.03. The third kappa shape index (κ3) is 2.73. The lowest BCUT2D eigenvalue weighted by atomic mass is 10.2. The molecule has 18 heavy (non-hydrogen) atoms. The van der Waals surface area contributed by atoms with Crippen LogP contribution in [0, 0.1) is 0 Å². The summed E-state index contributed by atoms with van der Waals surface area (Å²) in [4.78, 5) is 5.51. The van der Waals surface area contributed by atoms with Gasteiger partial charge in [-0.05, 0) is 24.8 Å². The Bertz CT molecular complexity index is 512. The van der Waals surface area contributed by atoms with Gasteiger partial charge in [-0.2, -0.15) is 4.98 Å². The standard InChI is InChI=1S/C13H17N3OS/c1-3-6-10(14)12-15-13(17-16-12)9-7-4-5-8-11(9)18-2/h4-5,7-8,10H,3,6,14H2,1-2H3. The minimum absolute atomic E-state index is 0.144. The molecule has 1 heterocycles. The maximum Gasteiger partial charge on any atom is 0.259 e. The fraction of sp³-hybridized carbons (Fsp3) is 0.385. The van der Waals surface area contributed by atoms with Gasteiger partial charge in [0.15, 0.2) is 5.82 Å². The Labute approximate surface area is 111 Å². The summed E-state index contributed by atoms with van der Waals surface area (Å²) in [6, 6.07) is 7.83. The van der Waals surface area contributed by atoms with E-state index in [9.17, 15) is 0 Å². The zero-order valence-electron chi connectivity index (χ0n) is 10.6. The molecule has 0 bridgehead atoms. The fourth-order valence-corrected chi connectivity index (χ4v) is 2.35. The van der Waals surface area contributed by atoms with E-state index in [0.29, 0.717) is 11.7 Å². The molecule has 1 aromatic carbocycles. The minimum atomic E-state index is -0.144. The molecule has 0 aliphatic carbocycles. The minimum Gasteiger partial charge on any atom is -0.334 e. The molecular formula is C13H17N3OS. The van der Waals surface area contributed by atoms with Gasteiger partial charge in [0.2, 0.25) is 0 Å². The van der Waals surface area contributed by atoms with Crippen molar-refractivity contribution in [3.63, 3.8) is 0 Å². The highest BCUT2D eigenvalue weighted by Gasteiger charge is 2.16. The summed E-state index contributed by atoms with van der Waals surface area (Å²) in [7, 11) is 0. The second-order valence-corrected chi connectivity index (χ2v) is 4.90. The first-order chi connectivity index (χ1) is 8.76. The van der Waals surface area contributed by atoms with Crippen LogP contribution in [0.1, 0.15) is 31.6 Å². The number of nitrogens with zero attached hydrogens (tertiary/aromatic N) is 2. The van der Waals surface area contributed by atoms with Gasteiger partial charge in [-0.25, -0.2) is 0 Å². The highest BCUT2D eigenvalue weighted by molar-refractivity contribution is 7.98. The predicted octanol–water partition coefficient (Wildman–Crippen LogP) is 3.26. The molecule has 0 aliphatic rings. The van der Waals surface area contributed by atoms with Gasteiger partial charge in [0, 0.05) is 4.90 Å². The summed E-state index contributed by atoms with van der Waals surface area (Å²) in [5, 5.41) is 3.97. The summed E-state index contributed by atoms with van der Waals surface area (Å²) in [6.45, 7) is 2.09. The van der Waals surface area contributed by atoms with Crippen LogP contribution in [0.5, 0.6) is 0 Å². The van der Waals surface area contributed by atoms with Crippen molar-refractivity contribution in [1.29, 1.82) is 0 Å². The molecule has 2 N–H and O–H groups in total. The molecule has 1 aromatic heterocycles. The molecule has 1 atom stereocenters. The molecule has 96 valence electrons. The molecule has 0 fully saturated rings. The van der Waals surface area contributed by atoms with E-state index in [2.05, 4.69) is 17.1 Å². The topological polar surface area (TPSA) is 64.9 Å². The highest BCUT2D eigenvalue weighted by Crippen LogP contribution is 2.29. The van der Waals surface area contributed by atoms with Crippen LogP contribution in [0.25, 0.3) is 11.5 Å². The van der Waals surface area contributed by atoms with Gasteiger partial charge in [0.05, 0.1) is 11.6 Å². The Morgan fingerprint density at radius 2 is 2.17 bits per heavy atom. The summed E-state index contributed by atoms with van der Waals surface area (Å²) in [5.41, 5.74) is 6.94. The first-order valence-electron chi connectivity index (χ1n) is 5.98. The number of rotatable bonds is 5. The third-order valence-electron chi connectivity index (χ3n) is 2.71. The Hall–Kier alpha value is -1.33. The van der Waals surface area contributed by atoms with Gasteiger partial charge in [0.1, 0.15) is 0 Å². The first kappa shape index (κ1) is 13.1. The number of thioether (sulfide) groups is 1. The van der Waals surface area contributed by atoms with Crippen molar-refractivity contribution in [3.8, 4) is 11.5 Å². The van der Waals surface area contributed by atoms with Crippen LogP contribution in [0.15, 0.2) is 33.7 Å². The molecule has 1 unspecified atom stereocenters. The van der Waals surface area contributed by atoms with E-state index in [1.165, 1.54) is 0 Å². The summed E-state index contributed by atoms with van der Waals surface area (Å²) in [5.74, 6) is 1.13. The highest BCUT2D eigenvalue weighted by atomic mass is 32.2. The van der Waals surface area contributed by atoms with Crippen molar-refractivity contribution in [2.45, 2.75) is 30.7 Å². The molecule has 0 saturated heterocycles. The molecule has 0 spiro atoms. The van der Waals surface area contributed by atoms with Gasteiger partial charge in [-0.3, -0.25) is 0 Å². The van der Waals surface area contributed by atoms with Gasteiger partial charge in [-0.15, -0.1) is 11.8 Å². The van der Waals surface area contributed by atoms with Crippen LogP contribution in [0.3, 0.4) is 0 Å². The van der Waals surface area contributed by atoms with Crippen molar-refractivity contribution in [1.82, 2.24) is 10.1 Å². The average molecular weight is 263 g/mol. The number of benzene rings is 1. The number of hydrogen-bond acceptors (Lipinski definition) is 5. The maximum atomic E-state index is 5.98. The molecule has 0 amide bonds. The SMILES string of the molecule is CCCC(N)c1noc(-c2ccccc2SC)n1. The van der Waals surface area contributed by atoms with E-state index in [-0.39, 0.29) is 6.04 Å². The van der Waals surface area contributed by atoms with Crippen molar-refractivity contribution in [2.24, 2.45) is 5.73 Å². The van der Waals surface area contributed by atoms with Crippen LogP contribution in [0.2, 0.25) is 0 Å². The number of nitrogens with two attached hydrogens (primary N) is 1. The lowest BCUT2D eigenvalue weighted by molar-refractivity contribution is 0.412. The predicted molar refractivity (Wildman–Crippen MR) is 73.4 cm³/mol. The van der Waals surface area contributed by atoms with Crippen LogP contribution < -0.4 is 5.73 Å². The molecule has 5 heteroatoms. The quantitative estimate of drug-likeness (QED) is 0.839. The van der Waals surface area contributed by atoms with Crippen LogP contribution >= 0.6 is 11.8 Å². The Balaban J connectivity index is 2.29. The van der Waals surface area contributed by atoms with Gasteiger partial charge >= 0.3 is 0 Å². The number of aromatic nitrogens is 2. The van der Waals surface area contributed by atoms with Crippen molar-refractivity contribution < 1.29 is 4.52 Å². The van der Waals surface area contributed by atoms with Crippen LogP contribution in [0.4, 0.5) is 0 Å². The van der Waals surface area contributed by atoms with E-state index >= 15 is 0 Å². The molecule has 0 aliphatic heterocycles. The van der Waals surface area contributed by atoms with Crippen LogP contribution in [-0.4, -0.2) is 16.4 Å². The second-order valence-electron chi connectivity index (χ2n) is 4.05. The smallest absolute Gasteiger partial charge is 0.259 e. The summed E-state index contributed by atoms with van der Waals surface area (Å²) >= 11 is 1.66.